The van der Waals surface area contributed by atoms with E-state index in [9.17, 15) is 0 Å². The molecule has 16 heavy (non-hydrogen) atoms. The molecule has 0 bridgehead atoms. The molecule has 90 valence electrons. The molecule has 1 aliphatic rings. The molecular weight excluding hydrogens is 204 g/mol. The predicted molar refractivity (Wildman–Crippen MR) is 64.3 cm³/mol. The summed E-state index contributed by atoms with van der Waals surface area (Å²) in [6.07, 6.45) is 0. The number of hydrogen-bond acceptors (Lipinski definition) is 4. The monoisotopic (exact) mass is 224 g/mol. The minimum atomic E-state index is 0.237. The number of morpholine rings is 1. The molecule has 1 aliphatic heterocycles. The molecule has 0 radical (unpaired) electrons. The number of hydrogen-bond donors (Lipinski definition) is 1. The van der Waals surface area contributed by atoms with E-state index in [1.54, 1.807) is 6.92 Å². The van der Waals surface area contributed by atoms with Crippen LogP contribution in [0.5, 0.6) is 0 Å². The third-order valence-corrected chi connectivity index (χ3v) is 2.24. The van der Waals surface area contributed by atoms with E-state index in [2.05, 4.69) is 36.2 Å². The smallest absolute Gasteiger partial charge is 0.134 e. The molecule has 0 amide bonds. The van der Waals surface area contributed by atoms with Crippen LogP contribution in [0.4, 0.5) is 0 Å². The van der Waals surface area contributed by atoms with Gasteiger partial charge in [-0.05, 0) is 12.8 Å². The summed E-state index contributed by atoms with van der Waals surface area (Å²) >= 11 is 0. The molecule has 0 aromatic heterocycles. The Morgan fingerprint density at radius 2 is 2.44 bits per heavy atom. The normalized spacial score (nSPS) is 21.5. The lowest BCUT2D eigenvalue weighted by Crippen LogP contribution is -2.43. The summed E-state index contributed by atoms with van der Waals surface area (Å²) in [6.45, 7) is 8.77. The third kappa shape index (κ3) is 4.65. The molecule has 1 heterocycles. The highest BCUT2D eigenvalue weighted by atomic mass is 16.6. The van der Waals surface area contributed by atoms with Gasteiger partial charge < -0.3 is 14.9 Å². The van der Waals surface area contributed by atoms with E-state index in [1.165, 1.54) is 0 Å². The first-order chi connectivity index (χ1) is 7.74. The molecule has 0 aromatic rings. The van der Waals surface area contributed by atoms with Gasteiger partial charge in [0.25, 0.3) is 0 Å². The quantitative estimate of drug-likeness (QED) is 0.440. The Labute approximate surface area is 97.4 Å². The lowest BCUT2D eigenvalue weighted by atomic mass is 10.1. The fourth-order valence-electron chi connectivity index (χ4n) is 1.32. The molecule has 0 unspecified atom stereocenters. The summed E-state index contributed by atoms with van der Waals surface area (Å²) in [5.41, 5.74) is 0.791. The van der Waals surface area contributed by atoms with Crippen molar-refractivity contribution in [1.29, 1.82) is 0 Å². The number of ether oxygens (including phenoxy) is 1. The molecule has 4 heteroatoms. The van der Waals surface area contributed by atoms with E-state index in [0.29, 0.717) is 19.1 Å². The highest BCUT2D eigenvalue weighted by molar-refractivity contribution is 6.01. The maximum absolute atomic E-state index is 5.32. The molecule has 1 rings (SSSR count). The number of nitrogens with zero attached hydrogens (tertiary/aromatic N) is 1. The van der Waals surface area contributed by atoms with Crippen molar-refractivity contribution in [1.82, 2.24) is 5.32 Å². The van der Waals surface area contributed by atoms with Gasteiger partial charge in [-0.25, -0.2) is 0 Å². The highest BCUT2D eigenvalue weighted by Crippen LogP contribution is 1.99. The Bertz CT molecular complexity index is 283. The van der Waals surface area contributed by atoms with Crippen LogP contribution in [0.2, 0.25) is 0 Å². The minimum Gasteiger partial charge on any atom is -0.393 e. The topological polar surface area (TPSA) is 42.9 Å². The molecule has 1 fully saturated rings. The zero-order chi connectivity index (χ0) is 11.8. The van der Waals surface area contributed by atoms with Gasteiger partial charge in [0, 0.05) is 12.5 Å². The molecule has 0 aliphatic carbocycles. The van der Waals surface area contributed by atoms with Crippen LogP contribution in [-0.4, -0.2) is 38.1 Å². The van der Waals surface area contributed by atoms with E-state index in [1.807, 2.05) is 0 Å². The average molecular weight is 224 g/mol. The van der Waals surface area contributed by atoms with E-state index >= 15 is 0 Å². The Morgan fingerprint density at radius 3 is 3.00 bits per heavy atom. The maximum atomic E-state index is 5.32. The Kier molecular flexibility index (Phi) is 5.91. The summed E-state index contributed by atoms with van der Waals surface area (Å²) in [5.74, 6) is 6.07. The van der Waals surface area contributed by atoms with Crippen LogP contribution >= 0.6 is 0 Å². The van der Waals surface area contributed by atoms with Crippen LogP contribution in [0.15, 0.2) is 5.16 Å². The summed E-state index contributed by atoms with van der Waals surface area (Å²) in [7, 11) is 0. The van der Waals surface area contributed by atoms with Gasteiger partial charge in [0.1, 0.15) is 12.3 Å². The van der Waals surface area contributed by atoms with Gasteiger partial charge in [0.05, 0.1) is 19.3 Å². The Hall–Kier alpha value is -1.05. The second kappa shape index (κ2) is 7.26. The lowest BCUT2D eigenvalue weighted by molar-refractivity contribution is 0.0308. The molecule has 1 saturated heterocycles. The highest BCUT2D eigenvalue weighted by Gasteiger charge is 2.13. The van der Waals surface area contributed by atoms with Gasteiger partial charge in [-0.1, -0.05) is 24.9 Å². The molecular formula is C12H20N2O2. The van der Waals surface area contributed by atoms with Crippen molar-refractivity contribution in [2.45, 2.75) is 26.8 Å². The average Bonchev–Trinajstić information content (AvgIpc) is 2.29. The van der Waals surface area contributed by atoms with Gasteiger partial charge in [-0.2, -0.15) is 0 Å². The lowest BCUT2D eigenvalue weighted by Gasteiger charge is -2.22. The second-order valence-corrected chi connectivity index (χ2v) is 4.03. The molecule has 1 N–H and O–H groups in total. The van der Waals surface area contributed by atoms with E-state index in [-0.39, 0.29) is 6.04 Å². The fourth-order valence-corrected chi connectivity index (χ4v) is 1.32. The maximum Gasteiger partial charge on any atom is 0.134 e. The zero-order valence-corrected chi connectivity index (χ0v) is 10.2. The van der Waals surface area contributed by atoms with Crippen LogP contribution in [0.3, 0.4) is 0 Å². The van der Waals surface area contributed by atoms with Gasteiger partial charge in [-0.3, -0.25) is 0 Å². The van der Waals surface area contributed by atoms with Crippen molar-refractivity contribution in [2.75, 3.05) is 26.4 Å². The first-order valence-corrected chi connectivity index (χ1v) is 5.67. The van der Waals surface area contributed by atoms with Crippen molar-refractivity contribution >= 4 is 5.71 Å². The van der Waals surface area contributed by atoms with Crippen LogP contribution in [0, 0.1) is 17.8 Å². The third-order valence-electron chi connectivity index (χ3n) is 2.24. The predicted octanol–water partition coefficient (Wildman–Crippen LogP) is 1.03. The first kappa shape index (κ1) is 13.0. The number of rotatable bonds is 4. The van der Waals surface area contributed by atoms with Crippen molar-refractivity contribution < 1.29 is 9.57 Å². The van der Waals surface area contributed by atoms with Crippen LogP contribution in [-0.2, 0) is 9.57 Å². The van der Waals surface area contributed by atoms with E-state index in [0.717, 1.165) is 18.9 Å². The number of nitrogens with one attached hydrogen (secondary N) is 1. The van der Waals surface area contributed by atoms with Crippen LogP contribution in [0.1, 0.15) is 20.8 Å². The van der Waals surface area contributed by atoms with Crippen molar-refractivity contribution in [3.05, 3.63) is 0 Å². The van der Waals surface area contributed by atoms with Gasteiger partial charge >= 0.3 is 0 Å². The summed E-state index contributed by atoms with van der Waals surface area (Å²) in [5, 5.41) is 7.35. The fraction of sp³-hybridized carbons (Fsp3) is 0.750. The largest absolute Gasteiger partial charge is 0.393 e. The van der Waals surface area contributed by atoms with E-state index < -0.39 is 0 Å². The molecule has 0 aromatic carbocycles. The van der Waals surface area contributed by atoms with Gasteiger partial charge in [0.2, 0.25) is 0 Å². The Morgan fingerprint density at radius 1 is 1.62 bits per heavy atom. The summed E-state index contributed by atoms with van der Waals surface area (Å²) in [4.78, 5) is 5.29. The molecule has 0 spiro atoms. The summed E-state index contributed by atoms with van der Waals surface area (Å²) < 4.78 is 5.32. The first-order valence-electron chi connectivity index (χ1n) is 5.67. The van der Waals surface area contributed by atoms with Crippen LogP contribution < -0.4 is 5.32 Å². The summed E-state index contributed by atoms with van der Waals surface area (Å²) in [6, 6.07) is 0.237. The standard InChI is InChI=1S/C12H20N2O2/c1-4-5-12(10(2)3)14-16-9-11-8-15-7-6-13-11/h10-11,13H,6-9H2,1-3H3/b14-12+/t11-/m1/s1. The van der Waals surface area contributed by atoms with Crippen molar-refractivity contribution in [3.63, 3.8) is 0 Å². The molecule has 0 saturated carbocycles. The van der Waals surface area contributed by atoms with E-state index in [4.69, 9.17) is 9.57 Å². The zero-order valence-electron chi connectivity index (χ0n) is 10.2. The second-order valence-electron chi connectivity index (χ2n) is 4.03. The molecule has 1 atom stereocenters. The van der Waals surface area contributed by atoms with Crippen molar-refractivity contribution in [2.24, 2.45) is 11.1 Å². The van der Waals surface area contributed by atoms with Crippen LogP contribution in [0.25, 0.3) is 0 Å². The Balaban J connectivity index is 2.34. The van der Waals surface area contributed by atoms with Gasteiger partial charge in [0.15, 0.2) is 0 Å². The number of oxime groups is 1. The van der Waals surface area contributed by atoms with Gasteiger partial charge in [-0.15, -0.1) is 0 Å². The van der Waals surface area contributed by atoms with Crippen molar-refractivity contribution in [3.8, 4) is 11.8 Å². The minimum absolute atomic E-state index is 0.237. The molecule has 4 nitrogen and oxygen atoms in total. The SMILES string of the molecule is CC#C/C(=N\OC[C@H]1COCCN1)C(C)C.